The Labute approximate surface area is 169 Å². The van der Waals surface area contributed by atoms with E-state index in [-0.39, 0.29) is 5.91 Å². The fourth-order valence-corrected chi connectivity index (χ4v) is 3.79. The number of carbonyl (C=O) groups excluding carboxylic acids is 2. The van der Waals surface area contributed by atoms with Gasteiger partial charge in [-0.1, -0.05) is 42.5 Å². The van der Waals surface area contributed by atoms with Gasteiger partial charge in [-0.25, -0.2) is 9.48 Å². The summed E-state index contributed by atoms with van der Waals surface area (Å²) >= 11 is 0. The van der Waals surface area contributed by atoms with Crippen LogP contribution >= 0.6 is 0 Å². The number of benzene rings is 1. The highest BCUT2D eigenvalue weighted by molar-refractivity contribution is 6.07. The Bertz CT molecular complexity index is 941. The molecule has 1 aliphatic carbocycles. The van der Waals surface area contributed by atoms with Crippen molar-refractivity contribution in [2.75, 3.05) is 0 Å². The number of nitrogens with one attached hydrogen (secondary N) is 1. The summed E-state index contributed by atoms with van der Waals surface area (Å²) in [5.41, 5.74) is 1.03. The van der Waals surface area contributed by atoms with E-state index in [9.17, 15) is 9.59 Å². The number of hydrogen-bond donors (Lipinski definition) is 1. The van der Waals surface area contributed by atoms with Gasteiger partial charge >= 0.3 is 6.03 Å². The Balaban J connectivity index is 1.36. The molecule has 8 heteroatoms. The molecule has 3 amide bonds. The normalized spacial score (nSPS) is 24.9. The van der Waals surface area contributed by atoms with Crippen molar-refractivity contribution in [3.05, 3.63) is 53.9 Å². The third-order valence-corrected chi connectivity index (χ3v) is 5.55. The van der Waals surface area contributed by atoms with Crippen LogP contribution in [-0.4, -0.2) is 43.7 Å². The monoisotopic (exact) mass is 392 g/mol. The first-order valence-corrected chi connectivity index (χ1v) is 9.87. The summed E-state index contributed by atoms with van der Waals surface area (Å²) in [4.78, 5) is 24.9. The van der Waals surface area contributed by atoms with Crippen LogP contribution in [0.4, 0.5) is 4.79 Å². The molecule has 0 radical (unpaired) electrons. The summed E-state index contributed by atoms with van der Waals surface area (Å²) < 4.78 is 1.75. The zero-order valence-corrected chi connectivity index (χ0v) is 16.4. The molecule has 1 aromatic carbocycles. The highest BCUT2D eigenvalue weighted by atomic mass is 16.2. The molecule has 0 bridgehead atoms. The van der Waals surface area contributed by atoms with Crippen molar-refractivity contribution in [3.63, 3.8) is 0 Å². The maximum atomic E-state index is 12.7. The quantitative estimate of drug-likeness (QED) is 0.625. The minimum absolute atomic E-state index is 0.257. The van der Waals surface area contributed by atoms with Crippen LogP contribution in [-0.2, 0) is 11.3 Å². The number of urea groups is 1. The summed E-state index contributed by atoms with van der Waals surface area (Å²) in [6, 6.07) is 9.54. The molecule has 1 aromatic heterocycles. The molecule has 1 N–H and O–H groups in total. The van der Waals surface area contributed by atoms with E-state index in [4.69, 9.17) is 0 Å². The highest BCUT2D eigenvalue weighted by Crippen LogP contribution is 2.36. The van der Waals surface area contributed by atoms with Crippen LogP contribution in [0.15, 0.2) is 47.7 Å². The Kier molecular flexibility index (Phi) is 5.24. The van der Waals surface area contributed by atoms with Crippen LogP contribution in [0.5, 0.6) is 0 Å². The average molecular weight is 392 g/mol. The fourth-order valence-electron chi connectivity index (χ4n) is 3.79. The summed E-state index contributed by atoms with van der Waals surface area (Å²) in [5.74, 6) is 0.328. The van der Waals surface area contributed by atoms with Gasteiger partial charge < -0.3 is 5.32 Å². The summed E-state index contributed by atoms with van der Waals surface area (Å²) in [6.07, 6.45) is 9.84. The molecule has 2 aliphatic rings. The van der Waals surface area contributed by atoms with Crippen molar-refractivity contribution in [1.29, 1.82) is 0 Å². The van der Waals surface area contributed by atoms with E-state index in [1.807, 2.05) is 36.5 Å². The molecule has 0 unspecified atom stereocenters. The van der Waals surface area contributed by atoms with E-state index in [1.54, 1.807) is 16.8 Å². The Morgan fingerprint density at radius 2 is 2.00 bits per heavy atom. The van der Waals surface area contributed by atoms with E-state index in [1.165, 1.54) is 6.21 Å². The number of aromatic nitrogens is 3. The Morgan fingerprint density at radius 3 is 2.76 bits per heavy atom. The smallest absolute Gasteiger partial charge is 0.321 e. The van der Waals surface area contributed by atoms with Crippen LogP contribution in [0.3, 0.4) is 0 Å². The number of rotatable bonds is 5. The molecule has 1 spiro atoms. The van der Waals surface area contributed by atoms with Gasteiger partial charge in [0.2, 0.25) is 0 Å². The molecule has 2 fully saturated rings. The van der Waals surface area contributed by atoms with Crippen LogP contribution in [0, 0.1) is 5.92 Å². The lowest BCUT2D eigenvalue weighted by Crippen LogP contribution is -2.49. The second-order valence-electron chi connectivity index (χ2n) is 7.76. The van der Waals surface area contributed by atoms with Gasteiger partial charge in [0.25, 0.3) is 5.91 Å². The van der Waals surface area contributed by atoms with Gasteiger partial charge in [-0.2, -0.15) is 5.10 Å². The molecule has 150 valence electrons. The first-order valence-electron chi connectivity index (χ1n) is 9.87. The van der Waals surface area contributed by atoms with Gasteiger partial charge in [0.05, 0.1) is 12.7 Å². The molecule has 2 heterocycles. The van der Waals surface area contributed by atoms with Gasteiger partial charge in [0.15, 0.2) is 0 Å². The highest BCUT2D eigenvalue weighted by Gasteiger charge is 2.52. The minimum Gasteiger partial charge on any atom is -0.321 e. The number of imide groups is 1. The molecular weight excluding hydrogens is 368 g/mol. The molecular formula is C21H24N6O2. The van der Waals surface area contributed by atoms with E-state index < -0.39 is 11.6 Å². The Hall–Kier alpha value is -3.29. The summed E-state index contributed by atoms with van der Waals surface area (Å²) in [5, 5.41) is 16.0. The zero-order chi connectivity index (χ0) is 20.3. The SMILES string of the molecule is CC1CCC2(CC1)NC(=O)N(/N=C\C=C\c1cn(Cc3ccccc3)nn1)C2=O. The molecule has 29 heavy (non-hydrogen) atoms. The summed E-state index contributed by atoms with van der Waals surface area (Å²) in [7, 11) is 0. The van der Waals surface area contributed by atoms with Gasteiger partial charge in [0.1, 0.15) is 11.2 Å². The molecule has 4 rings (SSSR count). The third-order valence-electron chi connectivity index (χ3n) is 5.55. The maximum Gasteiger partial charge on any atom is 0.346 e. The number of amides is 3. The molecule has 1 aliphatic heterocycles. The van der Waals surface area contributed by atoms with Gasteiger partial charge in [0, 0.05) is 6.21 Å². The van der Waals surface area contributed by atoms with E-state index in [0.29, 0.717) is 31.0 Å². The third kappa shape index (κ3) is 4.11. The van der Waals surface area contributed by atoms with Gasteiger partial charge in [-0.15, -0.1) is 10.1 Å². The lowest BCUT2D eigenvalue weighted by Gasteiger charge is -2.33. The van der Waals surface area contributed by atoms with E-state index in [0.717, 1.165) is 23.4 Å². The van der Waals surface area contributed by atoms with Gasteiger partial charge in [-0.05, 0) is 49.3 Å². The maximum absolute atomic E-state index is 12.7. The van der Waals surface area contributed by atoms with Crippen LogP contribution < -0.4 is 5.32 Å². The Morgan fingerprint density at radius 1 is 1.24 bits per heavy atom. The predicted molar refractivity (Wildman–Crippen MR) is 109 cm³/mol. The van der Waals surface area contributed by atoms with E-state index >= 15 is 0 Å². The molecule has 8 nitrogen and oxygen atoms in total. The zero-order valence-electron chi connectivity index (χ0n) is 16.4. The fraction of sp³-hybridized carbons (Fsp3) is 0.381. The number of carbonyl (C=O) groups is 2. The standard InChI is InChI=1S/C21H24N6O2/c1-16-9-11-21(12-10-16)19(28)27(20(29)23-21)22-13-5-8-18-15-26(25-24-18)14-17-6-3-2-4-7-17/h2-8,13,15-16H,9-12,14H2,1H3,(H,23,29)/b8-5+,22-13-. The molecule has 0 atom stereocenters. The predicted octanol–water partition coefficient (Wildman–Crippen LogP) is 2.83. The molecule has 2 aromatic rings. The van der Waals surface area contributed by atoms with Crippen molar-refractivity contribution >= 4 is 24.2 Å². The van der Waals surface area contributed by atoms with Crippen LogP contribution in [0.1, 0.15) is 43.9 Å². The lowest BCUT2D eigenvalue weighted by atomic mass is 9.77. The van der Waals surface area contributed by atoms with Crippen molar-refractivity contribution in [2.45, 2.75) is 44.7 Å². The second-order valence-corrected chi connectivity index (χ2v) is 7.76. The first kappa shape index (κ1) is 19.0. The molecule has 1 saturated carbocycles. The largest absolute Gasteiger partial charge is 0.346 e. The lowest BCUT2D eigenvalue weighted by molar-refractivity contribution is -0.132. The number of allylic oxidation sites excluding steroid dienone is 1. The van der Waals surface area contributed by atoms with Gasteiger partial charge in [-0.3, -0.25) is 4.79 Å². The average Bonchev–Trinajstić information content (AvgIpc) is 3.25. The first-order chi connectivity index (χ1) is 14.1. The van der Waals surface area contributed by atoms with Crippen molar-refractivity contribution < 1.29 is 9.59 Å². The number of hydrogen-bond acceptors (Lipinski definition) is 5. The molecule has 1 saturated heterocycles. The van der Waals surface area contributed by atoms with Crippen molar-refractivity contribution in [2.24, 2.45) is 11.0 Å². The van der Waals surface area contributed by atoms with Crippen molar-refractivity contribution in [3.8, 4) is 0 Å². The van der Waals surface area contributed by atoms with Crippen LogP contribution in [0.25, 0.3) is 6.08 Å². The topological polar surface area (TPSA) is 92.5 Å². The second kappa shape index (κ2) is 7.98. The number of hydrazone groups is 1. The van der Waals surface area contributed by atoms with E-state index in [2.05, 4.69) is 27.7 Å². The number of nitrogens with zero attached hydrogens (tertiary/aromatic N) is 5. The van der Waals surface area contributed by atoms with Crippen molar-refractivity contribution in [1.82, 2.24) is 25.3 Å². The minimum atomic E-state index is -0.773. The summed E-state index contributed by atoms with van der Waals surface area (Å²) in [6.45, 7) is 2.81. The van der Waals surface area contributed by atoms with Crippen LogP contribution in [0.2, 0.25) is 0 Å².